The van der Waals surface area contributed by atoms with E-state index in [1.807, 2.05) is 140 Å². The molecule has 594 valence electrons. The van der Waals surface area contributed by atoms with E-state index in [0.717, 1.165) is 22.8 Å². The number of aliphatic hydroxyl groups excluding tert-OH is 1. The monoisotopic (exact) mass is 1590 g/mol. The van der Waals surface area contributed by atoms with Gasteiger partial charge in [-0.05, 0) is 135 Å². The fourth-order valence-electron chi connectivity index (χ4n) is 6.93. The van der Waals surface area contributed by atoms with E-state index in [4.69, 9.17) is 52.5 Å². The third kappa shape index (κ3) is 71.8. The molecule has 0 bridgehead atoms. The van der Waals surface area contributed by atoms with Gasteiger partial charge in [0.1, 0.15) is 11.2 Å². The van der Waals surface area contributed by atoms with Gasteiger partial charge in [-0.15, -0.1) is 0 Å². The highest BCUT2D eigenvalue weighted by atomic mass is 79.9. The van der Waals surface area contributed by atoms with Crippen LogP contribution >= 0.6 is 31.9 Å². The van der Waals surface area contributed by atoms with Crippen LogP contribution < -0.4 is 5.32 Å². The average molecular weight is 1590 g/mol. The molecule has 3 aromatic carbocycles. The molecule has 0 aromatic heterocycles. The Bertz CT molecular complexity index is 2720. The third-order valence-corrected chi connectivity index (χ3v) is 12.0. The van der Waals surface area contributed by atoms with E-state index in [-0.39, 0.29) is 124 Å². The summed E-state index contributed by atoms with van der Waals surface area (Å²) < 4.78 is 52.3. The van der Waals surface area contributed by atoms with Crippen LogP contribution in [0.5, 0.6) is 0 Å². The summed E-state index contributed by atoms with van der Waals surface area (Å²) in [7, 11) is 4.91. The first-order valence-corrected chi connectivity index (χ1v) is 34.5. The number of carbonyl (C=O) groups excluding carboxylic acids is 7. The summed E-state index contributed by atoms with van der Waals surface area (Å²) in [6, 6.07) is 28.4. The molecule has 0 spiro atoms. The predicted octanol–water partition coefficient (Wildman–Crippen LogP) is 16.3. The lowest BCUT2D eigenvalue weighted by Crippen LogP contribution is -2.44. The number of rotatable bonds is 32. The highest BCUT2D eigenvalue weighted by Crippen LogP contribution is 2.16. The molecule has 0 saturated heterocycles. The topological polar surface area (TPSA) is 288 Å². The zero-order chi connectivity index (χ0) is 75.2. The van der Waals surface area contributed by atoms with Crippen LogP contribution in [0.25, 0.3) is 0 Å². The number of likely N-dealkylation sites (N-methyl/N-ethyl adjacent to an activating group) is 3. The van der Waals surface area contributed by atoms with Crippen molar-refractivity contribution in [1.29, 1.82) is 0 Å². The Labute approximate surface area is 636 Å². The van der Waals surface area contributed by atoms with E-state index < -0.39 is 47.4 Å². The Balaban J connectivity index is -0.000000180. The van der Waals surface area contributed by atoms with Gasteiger partial charge < -0.3 is 72.7 Å². The number of aliphatic hydroxyl groups is 1. The second-order valence-corrected chi connectivity index (χ2v) is 26.0. The Kier molecular flexibility index (Phi) is 72.7. The Morgan fingerprint density at radius 3 is 1.08 bits per heavy atom. The highest BCUT2D eigenvalue weighted by molar-refractivity contribution is 9.09. The molecule has 3 aromatic rings. The van der Waals surface area contributed by atoms with Gasteiger partial charge in [0.05, 0.1) is 108 Å². The number of hydrogen-bond acceptors (Lipinski definition) is 20. The number of nitrogens with zero attached hydrogens (tertiary/aromatic N) is 2. The van der Waals surface area contributed by atoms with Crippen LogP contribution in [0.1, 0.15) is 184 Å². The van der Waals surface area contributed by atoms with Crippen LogP contribution in [0.2, 0.25) is 0 Å². The Hall–Kier alpha value is -7.00. The number of amides is 2. The van der Waals surface area contributed by atoms with Crippen molar-refractivity contribution in [2.45, 2.75) is 247 Å². The number of ether oxygens (including phenoxy) is 10. The fraction of sp³-hybridized carbons (Fsp3) is 0.590. The normalized spacial score (nSPS) is 11.4. The summed E-state index contributed by atoms with van der Waals surface area (Å²) in [5.74, 6) is -2.54. The van der Waals surface area contributed by atoms with E-state index in [9.17, 15) is 43.5 Å². The van der Waals surface area contributed by atoms with Gasteiger partial charge in [-0.3, -0.25) is 14.4 Å². The molecule has 103 heavy (non-hydrogen) atoms. The number of nitrogens with one attached hydrogen (secondary N) is 1. The first-order chi connectivity index (χ1) is 45.9. The molecule has 0 heterocycles. The van der Waals surface area contributed by atoms with Crippen molar-refractivity contribution in [3.63, 3.8) is 0 Å². The van der Waals surface area contributed by atoms with Gasteiger partial charge >= 0.3 is 48.0 Å². The molecular formula is C78H133Br2N3O20. The van der Waals surface area contributed by atoms with E-state index in [1.54, 1.807) is 88.4 Å². The molecule has 23 nitrogen and oxygen atoms in total. The number of alkyl halides is 2. The molecule has 25 heteroatoms. The highest BCUT2D eigenvalue weighted by Gasteiger charge is 2.29. The van der Waals surface area contributed by atoms with Crippen LogP contribution in [0.3, 0.4) is 0 Å². The van der Waals surface area contributed by atoms with Crippen molar-refractivity contribution in [3.05, 3.63) is 144 Å². The van der Waals surface area contributed by atoms with E-state index in [2.05, 4.69) is 37.2 Å². The number of benzene rings is 3. The third-order valence-electron chi connectivity index (χ3n) is 11.2. The molecule has 0 saturated carbocycles. The minimum Gasteiger partial charge on any atom is -0.478 e. The number of carboxylic acids is 1. The first-order valence-electron chi connectivity index (χ1n) is 32.3. The van der Waals surface area contributed by atoms with Crippen molar-refractivity contribution in [2.24, 2.45) is 0 Å². The number of carboxylic acid groups (broad SMARTS) is 1. The second kappa shape index (κ2) is 66.9. The van der Waals surface area contributed by atoms with Crippen molar-refractivity contribution in [3.8, 4) is 0 Å². The molecule has 3 unspecified atom stereocenters. The summed E-state index contributed by atoms with van der Waals surface area (Å²) in [6.45, 7) is 30.9. The van der Waals surface area contributed by atoms with Crippen LogP contribution in [0, 0.1) is 0 Å². The maximum atomic E-state index is 12.3. The second-order valence-electron chi connectivity index (χ2n) is 24.7. The number of halogens is 2. The van der Waals surface area contributed by atoms with E-state index in [0.29, 0.717) is 50.1 Å². The number of aliphatic carboxylic acids is 1. The van der Waals surface area contributed by atoms with E-state index >= 15 is 0 Å². The maximum absolute atomic E-state index is 12.3. The van der Waals surface area contributed by atoms with Crippen molar-refractivity contribution < 1.29 is 95.9 Å². The van der Waals surface area contributed by atoms with Gasteiger partial charge in [-0.25, -0.2) is 24.0 Å². The zero-order valence-electron chi connectivity index (χ0n) is 61.1. The van der Waals surface area contributed by atoms with Crippen molar-refractivity contribution >= 4 is 79.9 Å². The van der Waals surface area contributed by atoms with Gasteiger partial charge in [-0.1, -0.05) is 178 Å². The number of esters is 5. The van der Waals surface area contributed by atoms with Crippen LogP contribution in [0.4, 0.5) is 9.59 Å². The molecule has 0 aliphatic rings. The molecule has 3 N–H and O–H groups in total. The largest absolute Gasteiger partial charge is 0.478 e. The molecule has 3 atom stereocenters. The summed E-state index contributed by atoms with van der Waals surface area (Å²) >= 11 is 6.18. The lowest BCUT2D eigenvalue weighted by Gasteiger charge is -2.30. The predicted molar refractivity (Wildman–Crippen MR) is 420 cm³/mol. The van der Waals surface area contributed by atoms with E-state index in [1.165, 1.54) is 35.1 Å². The summed E-state index contributed by atoms with van der Waals surface area (Å²) in [5.41, 5.74) is 2.03. The van der Waals surface area contributed by atoms with Crippen LogP contribution in [0.15, 0.2) is 127 Å². The SMILES string of the molecule is C.C.C.C.C.CC(C)OC(=O)/C=C/CBr.CC(C)OC(=O)/C=C/COCc1ccccc1.CC(C)OC(=O)CC(CO)N(C)C(=O)OC(C)(C)C.CC(C)OC(=O)CC(COCc1ccccc1)N(C)C(=O)OC(C)(C)C.CNC(COCc1ccccc1)CC(=O)OC(C)C.O=C(O)/C=C/CBr. The quantitative estimate of drug-likeness (QED) is 0.0172. The molecule has 3 rings (SSSR count). The summed E-state index contributed by atoms with van der Waals surface area (Å²) in [6.07, 6.45) is 7.37. The Morgan fingerprint density at radius 1 is 0.456 bits per heavy atom. The minimum absolute atomic E-state index is 0. The lowest BCUT2D eigenvalue weighted by molar-refractivity contribution is -0.150. The molecule has 0 fully saturated rings. The molecular weight excluding hydrogens is 1460 g/mol. The van der Waals surface area contributed by atoms with Gasteiger partial charge in [0.15, 0.2) is 0 Å². The fourth-order valence-corrected chi connectivity index (χ4v) is 7.31. The molecule has 2 amide bonds. The number of allylic oxidation sites excluding steroid dienone is 2. The van der Waals surface area contributed by atoms with Gasteiger partial charge in [0, 0.05) is 49.0 Å². The standard InChI is InChI=1S/C20H31NO5.C15H23NO3.C14H18O3.C13H25NO5.C7H11BrO2.C4H5BrO2.5CH4/c1-15(2)25-18(22)12-17(21(6)19(23)26-20(3,4)5)14-24-13-16-10-8-7-9-11-16;1-12(2)19-15(17)9-14(16-3)11-18-10-13-7-5-4-6-8-13;1-12(2)17-14(15)9-6-10-16-11-13-7-4-3-5-8-13;1-9(2)18-11(16)7-10(8-15)14(6)12(17)19-13(3,4)5;1-6(2)10-7(9)4-3-5-8;5-3-1-2-4(6)7;;;;;/h7-11,15,17H,12-14H2,1-6H3;4-8,12,14,16H,9-11H2,1-3H3;3-9,12H,10-11H2,1-2H3;9-10,15H,7-8H2,1-6H3;3-4,6H,5H2,1-2H3;1-2H,3H2,(H,6,7);5*1H4/b;;9-6+;;4-3+;2-1+;;;;;. The lowest BCUT2D eigenvalue weighted by atomic mass is 10.2. The van der Waals surface area contributed by atoms with Gasteiger partial charge in [0.25, 0.3) is 0 Å². The zero-order valence-corrected chi connectivity index (χ0v) is 64.3. The average Bonchev–Trinajstić information content (AvgIpc) is 0.880. The summed E-state index contributed by atoms with van der Waals surface area (Å²) in [4.78, 5) is 93.3. The Morgan fingerprint density at radius 2 is 0.767 bits per heavy atom. The maximum Gasteiger partial charge on any atom is 0.410 e. The van der Waals surface area contributed by atoms with Crippen LogP contribution in [-0.4, -0.2) is 186 Å². The van der Waals surface area contributed by atoms with Gasteiger partial charge in [0.2, 0.25) is 0 Å². The van der Waals surface area contributed by atoms with Crippen molar-refractivity contribution in [1.82, 2.24) is 15.1 Å². The first kappa shape index (κ1) is 112. The van der Waals surface area contributed by atoms with Gasteiger partial charge in [-0.2, -0.15) is 0 Å². The smallest absolute Gasteiger partial charge is 0.410 e. The number of carbonyl (C=O) groups is 8. The van der Waals surface area contributed by atoms with Crippen molar-refractivity contribution in [2.75, 3.05) is 58.2 Å². The summed E-state index contributed by atoms with van der Waals surface area (Å²) in [5, 5.41) is 21.6. The van der Waals surface area contributed by atoms with Crippen LogP contribution in [-0.2, 0) is 96.0 Å². The minimum atomic E-state index is -0.903. The number of hydrogen-bond donors (Lipinski definition) is 3. The molecule has 0 radical (unpaired) electrons. The molecule has 0 aliphatic carbocycles. The molecule has 0 aliphatic heterocycles.